The zero-order chi connectivity index (χ0) is 10.8. The molecule has 1 aromatic carbocycles. The summed E-state index contributed by atoms with van der Waals surface area (Å²) in [6, 6.07) is 8.12. The third kappa shape index (κ3) is 1.96. The minimum absolute atomic E-state index is 0.187. The summed E-state index contributed by atoms with van der Waals surface area (Å²) < 4.78 is 13.3. The number of aromatic nitrogens is 1. The van der Waals surface area contributed by atoms with Crippen LogP contribution in [0, 0.1) is 12.7 Å². The van der Waals surface area contributed by atoms with Crippen LogP contribution in [0.1, 0.15) is 5.56 Å². The number of nitrogens with one attached hydrogen (secondary N) is 1. The normalized spacial score (nSPS) is 10.3. The average molecular weight is 203 g/mol. The van der Waals surface area contributed by atoms with Gasteiger partial charge in [-0.2, -0.15) is 0 Å². The molecule has 0 aliphatic heterocycles. The highest BCUT2D eigenvalue weighted by Gasteiger charge is 2.01. The summed E-state index contributed by atoms with van der Waals surface area (Å²) in [5.74, 6) is -0.257. The van der Waals surface area contributed by atoms with E-state index >= 15 is 0 Å². The van der Waals surface area contributed by atoms with Crippen molar-refractivity contribution in [2.45, 2.75) is 6.92 Å². The Labute approximate surface area is 86.4 Å². The van der Waals surface area contributed by atoms with Gasteiger partial charge in [0.15, 0.2) is 0 Å². The zero-order valence-electron chi connectivity index (χ0n) is 8.25. The van der Waals surface area contributed by atoms with Crippen LogP contribution < -0.4 is 5.56 Å². The predicted molar refractivity (Wildman–Crippen MR) is 57.2 cm³/mol. The number of halogens is 1. The fourth-order valence-corrected chi connectivity index (χ4v) is 1.40. The van der Waals surface area contributed by atoms with E-state index in [1.165, 1.54) is 12.1 Å². The van der Waals surface area contributed by atoms with Crippen LogP contribution in [0.2, 0.25) is 0 Å². The van der Waals surface area contributed by atoms with Gasteiger partial charge >= 0.3 is 0 Å². The second kappa shape index (κ2) is 3.69. The van der Waals surface area contributed by atoms with E-state index in [4.69, 9.17) is 0 Å². The Bertz CT molecular complexity index is 545. The third-order valence-electron chi connectivity index (χ3n) is 2.28. The standard InChI is InChI=1S/C12H10FNO/c1-8-2-3-9(6-11(8)13)10-4-5-14-12(15)7-10/h2-7H,1H3,(H,14,15). The molecule has 0 spiro atoms. The van der Waals surface area contributed by atoms with E-state index in [1.54, 1.807) is 31.3 Å². The number of benzene rings is 1. The Hall–Kier alpha value is -1.90. The largest absolute Gasteiger partial charge is 0.329 e. The smallest absolute Gasteiger partial charge is 0.248 e. The van der Waals surface area contributed by atoms with Crippen molar-refractivity contribution in [2.75, 3.05) is 0 Å². The number of hydrogen-bond acceptors (Lipinski definition) is 1. The molecule has 0 radical (unpaired) electrons. The summed E-state index contributed by atoms with van der Waals surface area (Å²) in [6.45, 7) is 1.71. The molecule has 0 atom stereocenters. The Kier molecular flexibility index (Phi) is 2.37. The number of H-pyrrole nitrogens is 1. The Morgan fingerprint density at radius 2 is 1.87 bits per heavy atom. The second-order valence-electron chi connectivity index (χ2n) is 3.41. The molecule has 76 valence electrons. The van der Waals surface area contributed by atoms with Gasteiger partial charge in [-0.1, -0.05) is 12.1 Å². The first-order valence-electron chi connectivity index (χ1n) is 4.62. The summed E-state index contributed by atoms with van der Waals surface area (Å²) in [4.78, 5) is 13.6. The van der Waals surface area contributed by atoms with Crippen molar-refractivity contribution in [3.63, 3.8) is 0 Å². The van der Waals surface area contributed by atoms with Crippen molar-refractivity contribution in [1.82, 2.24) is 4.98 Å². The lowest BCUT2D eigenvalue weighted by Crippen LogP contribution is -2.02. The van der Waals surface area contributed by atoms with Gasteiger partial charge < -0.3 is 4.98 Å². The highest BCUT2D eigenvalue weighted by Crippen LogP contribution is 2.19. The van der Waals surface area contributed by atoms with Crippen molar-refractivity contribution < 1.29 is 4.39 Å². The molecule has 0 aliphatic carbocycles. The van der Waals surface area contributed by atoms with E-state index in [9.17, 15) is 9.18 Å². The summed E-state index contributed by atoms with van der Waals surface area (Å²) in [5.41, 5.74) is 1.85. The van der Waals surface area contributed by atoms with Crippen LogP contribution in [0.5, 0.6) is 0 Å². The van der Waals surface area contributed by atoms with Crippen LogP contribution in [0.4, 0.5) is 4.39 Å². The highest BCUT2D eigenvalue weighted by atomic mass is 19.1. The van der Waals surface area contributed by atoms with Gasteiger partial charge in [-0.3, -0.25) is 4.79 Å². The van der Waals surface area contributed by atoms with Crippen molar-refractivity contribution in [2.24, 2.45) is 0 Å². The molecular weight excluding hydrogens is 193 g/mol. The topological polar surface area (TPSA) is 32.9 Å². The first-order valence-corrected chi connectivity index (χ1v) is 4.62. The Morgan fingerprint density at radius 1 is 1.13 bits per heavy atom. The van der Waals surface area contributed by atoms with E-state index in [0.717, 1.165) is 5.56 Å². The minimum Gasteiger partial charge on any atom is -0.329 e. The van der Waals surface area contributed by atoms with Crippen LogP contribution in [-0.4, -0.2) is 4.98 Å². The number of rotatable bonds is 1. The fourth-order valence-electron chi connectivity index (χ4n) is 1.40. The van der Waals surface area contributed by atoms with E-state index in [1.807, 2.05) is 0 Å². The van der Waals surface area contributed by atoms with E-state index in [0.29, 0.717) is 11.1 Å². The summed E-state index contributed by atoms with van der Waals surface area (Å²) in [6.07, 6.45) is 1.55. The first-order chi connectivity index (χ1) is 7.16. The van der Waals surface area contributed by atoms with Crippen molar-refractivity contribution in [3.8, 4) is 11.1 Å². The van der Waals surface area contributed by atoms with Crippen molar-refractivity contribution >= 4 is 0 Å². The molecule has 0 amide bonds. The second-order valence-corrected chi connectivity index (χ2v) is 3.41. The molecule has 1 aromatic heterocycles. The molecule has 1 N–H and O–H groups in total. The lowest BCUT2D eigenvalue weighted by Gasteiger charge is -2.02. The maximum absolute atomic E-state index is 13.3. The predicted octanol–water partition coefficient (Wildman–Crippen LogP) is 2.49. The van der Waals surface area contributed by atoms with E-state index in [2.05, 4.69) is 4.98 Å². The molecule has 2 aromatic rings. The molecule has 2 nitrogen and oxygen atoms in total. The average Bonchev–Trinajstić information content (AvgIpc) is 2.22. The van der Waals surface area contributed by atoms with Gasteiger partial charge in [-0.25, -0.2) is 4.39 Å². The van der Waals surface area contributed by atoms with E-state index in [-0.39, 0.29) is 11.4 Å². The Balaban J connectivity index is 2.55. The fraction of sp³-hybridized carbons (Fsp3) is 0.0833. The molecular formula is C12H10FNO. The maximum Gasteiger partial charge on any atom is 0.248 e. The molecule has 3 heteroatoms. The van der Waals surface area contributed by atoms with Gasteiger partial charge in [0.1, 0.15) is 5.82 Å². The molecule has 0 fully saturated rings. The summed E-state index contributed by atoms with van der Waals surface area (Å²) in [7, 11) is 0. The van der Waals surface area contributed by atoms with Crippen LogP contribution in [0.25, 0.3) is 11.1 Å². The SMILES string of the molecule is Cc1ccc(-c2cc[nH]c(=O)c2)cc1F. The van der Waals surface area contributed by atoms with Gasteiger partial charge in [0, 0.05) is 12.3 Å². The van der Waals surface area contributed by atoms with Gasteiger partial charge in [-0.15, -0.1) is 0 Å². The third-order valence-corrected chi connectivity index (χ3v) is 2.28. The molecule has 0 unspecified atom stereocenters. The van der Waals surface area contributed by atoms with Gasteiger partial charge in [0.25, 0.3) is 0 Å². The minimum atomic E-state index is -0.257. The highest BCUT2D eigenvalue weighted by molar-refractivity contribution is 5.63. The van der Waals surface area contributed by atoms with Crippen LogP contribution in [-0.2, 0) is 0 Å². The number of aromatic amines is 1. The van der Waals surface area contributed by atoms with E-state index < -0.39 is 0 Å². The zero-order valence-corrected chi connectivity index (χ0v) is 8.25. The number of pyridine rings is 1. The molecule has 0 bridgehead atoms. The first kappa shape index (κ1) is 9.65. The lowest BCUT2D eigenvalue weighted by atomic mass is 10.1. The Morgan fingerprint density at radius 3 is 2.53 bits per heavy atom. The number of hydrogen-bond donors (Lipinski definition) is 1. The molecule has 2 rings (SSSR count). The lowest BCUT2D eigenvalue weighted by molar-refractivity contribution is 0.619. The van der Waals surface area contributed by atoms with Gasteiger partial charge in [0.05, 0.1) is 0 Å². The monoisotopic (exact) mass is 203 g/mol. The molecule has 15 heavy (non-hydrogen) atoms. The molecule has 0 saturated carbocycles. The molecule has 0 aliphatic rings. The van der Waals surface area contributed by atoms with Gasteiger partial charge in [0.2, 0.25) is 5.56 Å². The van der Waals surface area contributed by atoms with Crippen molar-refractivity contribution in [3.05, 3.63) is 58.3 Å². The van der Waals surface area contributed by atoms with Crippen LogP contribution in [0.15, 0.2) is 41.3 Å². The van der Waals surface area contributed by atoms with Crippen LogP contribution >= 0.6 is 0 Å². The van der Waals surface area contributed by atoms with Crippen LogP contribution in [0.3, 0.4) is 0 Å². The molecule has 1 heterocycles. The molecule has 0 saturated heterocycles. The summed E-state index contributed by atoms with van der Waals surface area (Å²) >= 11 is 0. The van der Waals surface area contributed by atoms with Gasteiger partial charge in [-0.05, 0) is 35.7 Å². The maximum atomic E-state index is 13.3. The summed E-state index contributed by atoms with van der Waals surface area (Å²) in [5, 5.41) is 0. The van der Waals surface area contributed by atoms with Crippen molar-refractivity contribution in [1.29, 1.82) is 0 Å². The quantitative estimate of drug-likeness (QED) is 0.758. The number of aryl methyl sites for hydroxylation is 1.